The van der Waals surface area contributed by atoms with E-state index < -0.39 is 36.1 Å². The first-order valence-electron chi connectivity index (χ1n) is 11.8. The van der Waals surface area contributed by atoms with Crippen LogP contribution < -0.4 is 15.5 Å². The Hall–Kier alpha value is -2.40. The fourth-order valence-electron chi connectivity index (χ4n) is 3.77. The highest BCUT2D eigenvalue weighted by atomic mass is 16.7. The number of alkyl carbamates (subject to hydrolysis) is 1. The fraction of sp³-hybridized carbons (Fsp3) is 0.739. The number of nitrogens with one attached hydrogen (secondary N) is 1. The van der Waals surface area contributed by atoms with Gasteiger partial charge < -0.3 is 29.0 Å². The van der Waals surface area contributed by atoms with Crippen molar-refractivity contribution in [1.29, 1.82) is 0 Å². The summed E-state index contributed by atoms with van der Waals surface area (Å²) < 4.78 is 23.1. The number of carbonyl (C=O) groups excluding carboxylic acids is 2. The molecule has 2 saturated heterocycles. The van der Waals surface area contributed by atoms with Crippen LogP contribution in [0.15, 0.2) is 12.4 Å². The van der Waals surface area contributed by atoms with E-state index >= 15 is 0 Å². The predicted octanol–water partition coefficient (Wildman–Crippen LogP) is 2.06. The number of aromatic nitrogens is 2. The van der Waals surface area contributed by atoms with Gasteiger partial charge in [-0.15, -0.1) is 0 Å². The Morgan fingerprint density at radius 1 is 1.21 bits per heavy atom. The van der Waals surface area contributed by atoms with E-state index in [0.29, 0.717) is 12.0 Å². The summed E-state index contributed by atoms with van der Waals surface area (Å²) >= 11 is 0. The third kappa shape index (κ3) is 6.18. The summed E-state index contributed by atoms with van der Waals surface area (Å²) in [4.78, 5) is 35.2. The summed E-state index contributed by atoms with van der Waals surface area (Å²) in [5.41, 5.74) is -0.804. The van der Waals surface area contributed by atoms with Crippen LogP contribution in [-0.4, -0.2) is 76.0 Å². The number of likely N-dealkylation sites (tertiary alicyclic amines) is 1. The molecular weight excluding hydrogens is 439 g/mol. The SMILES string of the molecule is C[C@H](NC(=O)OC(C)(C)C)C(=O)N1CCC[C@H]1COc1ncc(B2OC(C)(C)C(C)(C)O2)cn1. The smallest absolute Gasteiger partial charge is 0.461 e. The molecule has 2 aliphatic heterocycles. The van der Waals surface area contributed by atoms with Crippen molar-refractivity contribution in [3.8, 4) is 6.01 Å². The fourth-order valence-corrected chi connectivity index (χ4v) is 3.77. The van der Waals surface area contributed by atoms with Gasteiger partial charge >= 0.3 is 19.2 Å². The number of hydrogen-bond donors (Lipinski definition) is 1. The zero-order chi connectivity index (χ0) is 25.3. The van der Waals surface area contributed by atoms with Crippen LogP contribution in [0.1, 0.15) is 68.2 Å². The third-order valence-electron chi connectivity index (χ3n) is 6.34. The van der Waals surface area contributed by atoms with E-state index in [1.54, 1.807) is 45.0 Å². The highest BCUT2D eigenvalue weighted by Gasteiger charge is 2.52. The highest BCUT2D eigenvalue weighted by molar-refractivity contribution is 6.61. The molecule has 2 amide bonds. The minimum atomic E-state index is -0.703. The van der Waals surface area contributed by atoms with Crippen LogP contribution in [-0.2, 0) is 18.8 Å². The highest BCUT2D eigenvalue weighted by Crippen LogP contribution is 2.36. The van der Waals surface area contributed by atoms with Gasteiger partial charge in [0.25, 0.3) is 0 Å². The van der Waals surface area contributed by atoms with Crippen LogP contribution in [0, 0.1) is 0 Å². The number of nitrogens with zero attached hydrogens (tertiary/aromatic N) is 3. The Morgan fingerprint density at radius 3 is 2.35 bits per heavy atom. The van der Waals surface area contributed by atoms with Gasteiger partial charge in [0.15, 0.2) is 0 Å². The molecule has 3 heterocycles. The Morgan fingerprint density at radius 2 is 1.79 bits per heavy atom. The molecule has 0 unspecified atom stereocenters. The zero-order valence-corrected chi connectivity index (χ0v) is 21.5. The van der Waals surface area contributed by atoms with E-state index in [9.17, 15) is 9.59 Å². The maximum absolute atomic E-state index is 12.9. The lowest BCUT2D eigenvalue weighted by atomic mass is 9.81. The Labute approximate surface area is 202 Å². The summed E-state index contributed by atoms with van der Waals surface area (Å²) in [6.07, 6.45) is 4.32. The Kier molecular flexibility index (Phi) is 7.47. The molecule has 188 valence electrons. The van der Waals surface area contributed by atoms with Crippen molar-refractivity contribution in [3.63, 3.8) is 0 Å². The van der Waals surface area contributed by atoms with Gasteiger partial charge in [0, 0.05) is 24.4 Å². The molecular formula is C23H37BN4O6. The van der Waals surface area contributed by atoms with E-state index in [0.717, 1.165) is 12.8 Å². The largest absolute Gasteiger partial charge is 0.498 e. The second-order valence-corrected chi connectivity index (χ2v) is 10.9. The van der Waals surface area contributed by atoms with E-state index in [-0.39, 0.29) is 24.6 Å². The lowest BCUT2D eigenvalue weighted by molar-refractivity contribution is -0.134. The lowest BCUT2D eigenvalue weighted by Crippen LogP contribution is -2.50. The molecule has 1 aromatic rings. The van der Waals surface area contributed by atoms with Gasteiger partial charge in [-0.05, 0) is 68.2 Å². The maximum Gasteiger partial charge on any atom is 0.498 e. The molecule has 1 N–H and O–H groups in total. The number of hydrogen-bond acceptors (Lipinski definition) is 8. The van der Waals surface area contributed by atoms with Crippen LogP contribution in [0.3, 0.4) is 0 Å². The standard InChI is InChI=1S/C23H37BN4O6/c1-15(27-20(30)32-21(2,3)4)18(29)28-11-9-10-17(28)14-31-19-25-12-16(13-26-19)24-33-22(5,6)23(7,8)34-24/h12-13,15,17H,9-11,14H2,1-8H3,(H,27,30)/t15-,17-/m0/s1. The van der Waals surface area contributed by atoms with Gasteiger partial charge in [-0.25, -0.2) is 14.8 Å². The summed E-state index contributed by atoms with van der Waals surface area (Å²) in [5.74, 6) is -0.172. The maximum atomic E-state index is 12.9. The summed E-state index contributed by atoms with van der Waals surface area (Å²) in [7, 11) is -0.541. The van der Waals surface area contributed by atoms with Crippen LogP contribution in [0.5, 0.6) is 6.01 Å². The molecule has 10 nitrogen and oxygen atoms in total. The van der Waals surface area contributed by atoms with E-state index in [2.05, 4.69) is 15.3 Å². The quantitative estimate of drug-likeness (QED) is 0.621. The average molecular weight is 476 g/mol. The van der Waals surface area contributed by atoms with Crippen molar-refractivity contribution in [2.24, 2.45) is 0 Å². The lowest BCUT2D eigenvalue weighted by Gasteiger charge is -2.32. The number of carbonyl (C=O) groups is 2. The van der Waals surface area contributed by atoms with Gasteiger partial charge in [0.2, 0.25) is 5.91 Å². The van der Waals surface area contributed by atoms with Gasteiger partial charge in [-0.3, -0.25) is 4.79 Å². The molecule has 2 aliphatic rings. The van der Waals surface area contributed by atoms with Crippen molar-refractivity contribution in [1.82, 2.24) is 20.2 Å². The van der Waals surface area contributed by atoms with E-state index in [1.807, 2.05) is 27.7 Å². The second kappa shape index (κ2) is 9.69. The van der Waals surface area contributed by atoms with E-state index in [1.165, 1.54) is 0 Å². The molecule has 2 atom stereocenters. The molecule has 0 spiro atoms. The monoisotopic (exact) mass is 476 g/mol. The third-order valence-corrected chi connectivity index (χ3v) is 6.34. The molecule has 0 radical (unpaired) electrons. The number of amides is 2. The topological polar surface area (TPSA) is 112 Å². The van der Waals surface area contributed by atoms with Crippen molar-refractivity contribution >= 4 is 24.6 Å². The van der Waals surface area contributed by atoms with Gasteiger partial charge in [-0.1, -0.05) is 0 Å². The Bertz CT molecular complexity index is 870. The molecule has 3 rings (SSSR count). The summed E-state index contributed by atoms with van der Waals surface area (Å²) in [6.45, 7) is 15.8. The summed E-state index contributed by atoms with van der Waals surface area (Å²) in [6, 6.07) is -0.604. The number of rotatable bonds is 6. The first-order valence-corrected chi connectivity index (χ1v) is 11.8. The van der Waals surface area contributed by atoms with Gasteiger partial charge in [0.05, 0.1) is 17.2 Å². The number of ether oxygens (including phenoxy) is 2. The molecule has 0 saturated carbocycles. The molecule has 0 bridgehead atoms. The minimum Gasteiger partial charge on any atom is -0.461 e. The van der Waals surface area contributed by atoms with Crippen LogP contribution in [0.25, 0.3) is 0 Å². The van der Waals surface area contributed by atoms with Crippen molar-refractivity contribution in [2.75, 3.05) is 13.2 Å². The molecule has 34 heavy (non-hydrogen) atoms. The minimum absolute atomic E-state index is 0.123. The molecule has 1 aromatic heterocycles. The first-order chi connectivity index (χ1) is 15.7. The molecule has 2 fully saturated rings. The molecule has 11 heteroatoms. The van der Waals surface area contributed by atoms with Gasteiger partial charge in [0.1, 0.15) is 18.2 Å². The van der Waals surface area contributed by atoms with Crippen molar-refractivity contribution in [2.45, 2.75) is 97.1 Å². The zero-order valence-electron chi connectivity index (χ0n) is 21.5. The summed E-state index contributed by atoms with van der Waals surface area (Å²) in [5, 5.41) is 2.61. The van der Waals surface area contributed by atoms with Crippen LogP contribution >= 0.6 is 0 Å². The molecule has 0 aliphatic carbocycles. The van der Waals surface area contributed by atoms with Crippen LogP contribution in [0.4, 0.5) is 4.79 Å². The average Bonchev–Trinajstić information content (AvgIpc) is 3.26. The first kappa shape index (κ1) is 26.2. The molecule has 0 aromatic carbocycles. The van der Waals surface area contributed by atoms with E-state index in [4.69, 9.17) is 18.8 Å². The normalized spacial score (nSPS) is 22.4. The van der Waals surface area contributed by atoms with Crippen molar-refractivity contribution < 1.29 is 28.4 Å². The second-order valence-electron chi connectivity index (χ2n) is 10.9. The van der Waals surface area contributed by atoms with Crippen LogP contribution in [0.2, 0.25) is 0 Å². The van der Waals surface area contributed by atoms with Crippen molar-refractivity contribution in [3.05, 3.63) is 12.4 Å². The van der Waals surface area contributed by atoms with Gasteiger partial charge in [-0.2, -0.15) is 0 Å². The Balaban J connectivity index is 1.53. The predicted molar refractivity (Wildman–Crippen MR) is 127 cm³/mol.